The summed E-state index contributed by atoms with van der Waals surface area (Å²) in [6.07, 6.45) is 2.21. The minimum absolute atomic E-state index is 0.247. The Morgan fingerprint density at radius 3 is 2.50 bits per heavy atom. The molecule has 5 heteroatoms. The molecule has 5 nitrogen and oxygen atoms in total. The van der Waals surface area contributed by atoms with E-state index in [2.05, 4.69) is 11.9 Å². The second-order valence-electron chi connectivity index (χ2n) is 6.08. The summed E-state index contributed by atoms with van der Waals surface area (Å²) in [5.74, 6) is -2.87. The summed E-state index contributed by atoms with van der Waals surface area (Å²) >= 11 is 0. The molecule has 0 radical (unpaired) electrons. The van der Waals surface area contributed by atoms with Crippen LogP contribution in [-0.4, -0.2) is 30.7 Å². The summed E-state index contributed by atoms with van der Waals surface area (Å²) in [7, 11) is 0. The van der Waals surface area contributed by atoms with E-state index in [1.165, 1.54) is 4.90 Å². The third-order valence-electron chi connectivity index (χ3n) is 4.37. The first-order chi connectivity index (χ1) is 12.6. The van der Waals surface area contributed by atoms with E-state index >= 15 is 0 Å². The van der Waals surface area contributed by atoms with Gasteiger partial charge in [0.05, 0.1) is 5.69 Å². The van der Waals surface area contributed by atoms with Gasteiger partial charge in [-0.1, -0.05) is 48.5 Å². The third kappa shape index (κ3) is 3.42. The molecule has 0 saturated heterocycles. The number of Topliss-reactive ketones (excluding diaryl/α,β-unsaturated/α-hetero) is 1. The smallest absolute Gasteiger partial charge is 0.247 e. The molecule has 1 heterocycles. The van der Waals surface area contributed by atoms with Crippen LogP contribution in [0.25, 0.3) is 0 Å². The van der Waals surface area contributed by atoms with E-state index in [4.69, 9.17) is 0 Å². The van der Waals surface area contributed by atoms with Crippen LogP contribution in [0.2, 0.25) is 0 Å². The van der Waals surface area contributed by atoms with Crippen molar-refractivity contribution in [1.82, 2.24) is 5.32 Å². The number of hydrogen-bond donors (Lipinski definition) is 1. The van der Waals surface area contributed by atoms with Gasteiger partial charge in [-0.15, -0.1) is 6.58 Å². The molecule has 1 atom stereocenters. The van der Waals surface area contributed by atoms with Crippen molar-refractivity contribution < 1.29 is 14.4 Å². The summed E-state index contributed by atoms with van der Waals surface area (Å²) in [5, 5.41) is 2.72. The van der Waals surface area contributed by atoms with Gasteiger partial charge in [0, 0.05) is 18.7 Å². The molecule has 0 aliphatic carbocycles. The zero-order chi connectivity index (χ0) is 18.5. The molecule has 0 bridgehead atoms. The Kier molecular flexibility index (Phi) is 5.27. The second-order valence-corrected chi connectivity index (χ2v) is 6.08. The van der Waals surface area contributed by atoms with Gasteiger partial charge in [-0.2, -0.15) is 0 Å². The Hall–Kier alpha value is -3.21. The molecule has 3 rings (SSSR count). The van der Waals surface area contributed by atoms with Crippen LogP contribution in [0.5, 0.6) is 0 Å². The minimum Gasteiger partial charge on any atom is -0.355 e. The van der Waals surface area contributed by atoms with Crippen LogP contribution in [0.3, 0.4) is 0 Å². The lowest BCUT2D eigenvalue weighted by atomic mass is 9.89. The van der Waals surface area contributed by atoms with Gasteiger partial charge in [0.1, 0.15) is 0 Å². The van der Waals surface area contributed by atoms with E-state index in [1.54, 1.807) is 30.3 Å². The Morgan fingerprint density at radius 1 is 1.08 bits per heavy atom. The Balaban J connectivity index is 1.76. The van der Waals surface area contributed by atoms with E-state index < -0.39 is 23.5 Å². The molecular weight excluding hydrogens is 328 g/mol. The van der Waals surface area contributed by atoms with Crippen molar-refractivity contribution in [3.05, 3.63) is 78.4 Å². The van der Waals surface area contributed by atoms with Crippen LogP contribution in [0.15, 0.2) is 67.3 Å². The van der Waals surface area contributed by atoms with Crippen molar-refractivity contribution in [3.8, 4) is 0 Å². The fourth-order valence-electron chi connectivity index (χ4n) is 3.08. The lowest BCUT2D eigenvalue weighted by molar-refractivity contribution is -0.131. The number of anilines is 1. The highest BCUT2D eigenvalue weighted by Gasteiger charge is 2.43. The standard InChI is InChI=1S/C21H20N2O3/c1-2-14-23-17-11-7-6-10-16(17)19(24)18(21(23)26)20(25)22-13-12-15-8-4-3-5-9-15/h2-11,18H,1,12-14H2,(H,22,25). The van der Waals surface area contributed by atoms with E-state index in [0.29, 0.717) is 24.2 Å². The third-order valence-corrected chi connectivity index (χ3v) is 4.37. The van der Waals surface area contributed by atoms with Gasteiger partial charge >= 0.3 is 0 Å². The summed E-state index contributed by atoms with van der Waals surface area (Å²) < 4.78 is 0. The van der Waals surface area contributed by atoms with Gasteiger partial charge in [0.25, 0.3) is 0 Å². The highest BCUT2D eigenvalue weighted by Crippen LogP contribution is 2.30. The molecule has 1 N–H and O–H groups in total. The highest BCUT2D eigenvalue weighted by molar-refractivity contribution is 6.31. The van der Waals surface area contributed by atoms with Crippen molar-refractivity contribution in [2.75, 3.05) is 18.0 Å². The number of carbonyl (C=O) groups is 3. The SMILES string of the molecule is C=CCN1C(=O)C(C(=O)NCCc2ccccc2)C(=O)c2ccccc21. The lowest BCUT2D eigenvalue weighted by Crippen LogP contribution is -2.51. The number of rotatable bonds is 6. The van der Waals surface area contributed by atoms with Gasteiger partial charge in [-0.25, -0.2) is 0 Å². The summed E-state index contributed by atoms with van der Waals surface area (Å²) in [5.41, 5.74) is 1.99. The van der Waals surface area contributed by atoms with Crippen LogP contribution >= 0.6 is 0 Å². The molecule has 0 aromatic heterocycles. The normalized spacial score (nSPS) is 16.2. The molecule has 0 fully saturated rings. The zero-order valence-electron chi connectivity index (χ0n) is 14.4. The second kappa shape index (κ2) is 7.78. The lowest BCUT2D eigenvalue weighted by Gasteiger charge is -2.31. The molecule has 1 aliphatic heterocycles. The van der Waals surface area contributed by atoms with Crippen LogP contribution in [0.4, 0.5) is 5.69 Å². The van der Waals surface area contributed by atoms with Gasteiger partial charge in [0.2, 0.25) is 11.8 Å². The predicted molar refractivity (Wildman–Crippen MR) is 100.0 cm³/mol. The molecule has 0 spiro atoms. The Labute approximate surface area is 152 Å². The first-order valence-electron chi connectivity index (χ1n) is 8.50. The predicted octanol–water partition coefficient (Wildman–Crippen LogP) is 2.38. The Bertz CT molecular complexity index is 845. The molecule has 0 saturated carbocycles. The maximum Gasteiger partial charge on any atom is 0.247 e. The first kappa shape index (κ1) is 17.6. The number of fused-ring (bicyclic) bond motifs is 1. The molecule has 1 aliphatic rings. The van der Waals surface area contributed by atoms with E-state index in [9.17, 15) is 14.4 Å². The monoisotopic (exact) mass is 348 g/mol. The van der Waals surface area contributed by atoms with Crippen molar-refractivity contribution in [2.24, 2.45) is 5.92 Å². The number of ketones is 1. The molecule has 132 valence electrons. The number of para-hydroxylation sites is 1. The topological polar surface area (TPSA) is 66.5 Å². The number of benzene rings is 2. The first-order valence-corrected chi connectivity index (χ1v) is 8.50. The minimum atomic E-state index is -1.35. The van der Waals surface area contributed by atoms with Gasteiger partial charge < -0.3 is 10.2 Å². The molecule has 2 aromatic rings. The number of hydrogen-bond acceptors (Lipinski definition) is 3. The average Bonchev–Trinajstić information content (AvgIpc) is 2.66. The van der Waals surface area contributed by atoms with Crippen molar-refractivity contribution >= 4 is 23.3 Å². The number of nitrogens with one attached hydrogen (secondary N) is 1. The molecular formula is C21H20N2O3. The Morgan fingerprint density at radius 2 is 1.77 bits per heavy atom. The summed E-state index contributed by atoms with van der Waals surface area (Å²) in [6, 6.07) is 16.5. The molecule has 26 heavy (non-hydrogen) atoms. The van der Waals surface area contributed by atoms with Gasteiger partial charge in [0.15, 0.2) is 11.7 Å². The van der Waals surface area contributed by atoms with Crippen molar-refractivity contribution in [3.63, 3.8) is 0 Å². The van der Waals surface area contributed by atoms with E-state index in [1.807, 2.05) is 30.3 Å². The van der Waals surface area contributed by atoms with Crippen LogP contribution < -0.4 is 10.2 Å². The zero-order valence-corrected chi connectivity index (χ0v) is 14.4. The molecule has 2 aromatic carbocycles. The van der Waals surface area contributed by atoms with Crippen LogP contribution in [0, 0.1) is 5.92 Å². The highest BCUT2D eigenvalue weighted by atomic mass is 16.2. The average molecular weight is 348 g/mol. The van der Waals surface area contributed by atoms with Crippen molar-refractivity contribution in [2.45, 2.75) is 6.42 Å². The van der Waals surface area contributed by atoms with Crippen molar-refractivity contribution in [1.29, 1.82) is 0 Å². The number of amides is 2. The molecule has 2 amide bonds. The van der Waals surface area contributed by atoms with Gasteiger partial charge in [-0.3, -0.25) is 14.4 Å². The maximum atomic E-state index is 12.8. The quantitative estimate of drug-likeness (QED) is 0.644. The van der Waals surface area contributed by atoms with Crippen LogP contribution in [0.1, 0.15) is 15.9 Å². The number of nitrogens with zero attached hydrogens (tertiary/aromatic N) is 1. The number of carbonyl (C=O) groups excluding carboxylic acids is 3. The maximum absolute atomic E-state index is 12.8. The van der Waals surface area contributed by atoms with E-state index in [0.717, 1.165) is 5.56 Å². The largest absolute Gasteiger partial charge is 0.355 e. The summed E-state index contributed by atoms with van der Waals surface area (Å²) in [4.78, 5) is 39.5. The summed E-state index contributed by atoms with van der Waals surface area (Å²) in [6.45, 7) is 4.27. The van der Waals surface area contributed by atoms with Gasteiger partial charge in [-0.05, 0) is 24.1 Å². The fraction of sp³-hybridized carbons (Fsp3) is 0.190. The molecule has 1 unspecified atom stereocenters. The van der Waals surface area contributed by atoms with Crippen LogP contribution in [-0.2, 0) is 16.0 Å². The fourth-order valence-corrected chi connectivity index (χ4v) is 3.08. The van der Waals surface area contributed by atoms with E-state index in [-0.39, 0.29) is 6.54 Å².